The van der Waals surface area contributed by atoms with Gasteiger partial charge in [0.15, 0.2) is 5.13 Å². The Bertz CT molecular complexity index is 1580. The summed E-state index contributed by atoms with van der Waals surface area (Å²) in [5, 5.41) is 4.46. The molecule has 0 aliphatic rings. The highest BCUT2D eigenvalue weighted by molar-refractivity contribution is 7.16. The van der Waals surface area contributed by atoms with Gasteiger partial charge in [-0.1, -0.05) is 94.4 Å². The molecule has 1 N–H and O–H groups in total. The van der Waals surface area contributed by atoms with E-state index >= 15 is 0 Å². The van der Waals surface area contributed by atoms with E-state index in [1.165, 1.54) is 22.5 Å². The van der Waals surface area contributed by atoms with Crippen LogP contribution >= 0.6 is 11.3 Å². The van der Waals surface area contributed by atoms with Crippen molar-refractivity contribution in [2.45, 2.75) is 46.5 Å². The first-order chi connectivity index (χ1) is 17.7. The highest BCUT2D eigenvalue weighted by Gasteiger charge is 2.18. The highest BCUT2D eigenvalue weighted by atomic mass is 32.1. The summed E-state index contributed by atoms with van der Waals surface area (Å²) >= 11 is 1.49. The van der Waals surface area contributed by atoms with E-state index in [-0.39, 0.29) is 11.3 Å². The third-order valence-electron chi connectivity index (χ3n) is 6.66. The Morgan fingerprint density at radius 2 is 1.57 bits per heavy atom. The number of para-hydroxylation sites is 1. The average molecular weight is 506 g/mol. The second-order valence-corrected chi connectivity index (χ2v) is 11.5. The van der Waals surface area contributed by atoms with Crippen LogP contribution in [0.15, 0.2) is 78.9 Å². The van der Waals surface area contributed by atoms with Gasteiger partial charge in [0.05, 0.1) is 22.5 Å². The normalized spacial score (nSPS) is 11.6. The Morgan fingerprint density at radius 3 is 2.24 bits per heavy atom. The maximum absolute atomic E-state index is 13.6. The van der Waals surface area contributed by atoms with Crippen LogP contribution in [0.3, 0.4) is 0 Å². The third-order valence-corrected chi connectivity index (χ3v) is 7.55. The number of anilines is 1. The predicted molar refractivity (Wildman–Crippen MR) is 155 cm³/mol. The van der Waals surface area contributed by atoms with Gasteiger partial charge in [-0.25, -0.2) is 9.97 Å². The number of aromatic nitrogens is 2. The molecule has 0 fully saturated rings. The molecule has 1 amide bonds. The Hall–Kier alpha value is -3.83. The summed E-state index contributed by atoms with van der Waals surface area (Å²) < 4.78 is 0. The number of carbonyl (C=O) groups is 1. The van der Waals surface area contributed by atoms with E-state index in [9.17, 15) is 4.79 Å². The second kappa shape index (κ2) is 9.91. The molecule has 5 heteroatoms. The zero-order valence-electron chi connectivity index (χ0n) is 21.9. The van der Waals surface area contributed by atoms with E-state index in [0.717, 1.165) is 44.7 Å². The molecule has 2 aromatic heterocycles. The molecule has 37 heavy (non-hydrogen) atoms. The van der Waals surface area contributed by atoms with Gasteiger partial charge in [-0.2, -0.15) is 0 Å². The minimum absolute atomic E-state index is 0.0725. The number of hydrogen-bond donors (Lipinski definition) is 1. The van der Waals surface area contributed by atoms with E-state index in [1.807, 2.05) is 37.3 Å². The number of hydrogen-bond acceptors (Lipinski definition) is 4. The van der Waals surface area contributed by atoms with Gasteiger partial charge >= 0.3 is 0 Å². The van der Waals surface area contributed by atoms with E-state index in [4.69, 9.17) is 9.97 Å². The van der Waals surface area contributed by atoms with Crippen molar-refractivity contribution in [2.75, 3.05) is 5.32 Å². The number of fused-ring (bicyclic) bond motifs is 1. The standard InChI is InChI=1S/C32H31N3OS/c1-6-21-11-13-23(14-12-21)29-20(2)37-31(34-29)35-30(36)26-19-28(33-27-10-8-7-9-25(26)27)22-15-17-24(18-16-22)32(3,4)5/h7-19H,6H2,1-5H3,(H,34,35,36). The lowest BCUT2D eigenvalue weighted by Crippen LogP contribution is -2.13. The van der Waals surface area contributed by atoms with Crippen LogP contribution in [0.4, 0.5) is 5.13 Å². The average Bonchev–Trinajstić information content (AvgIpc) is 3.27. The molecular weight excluding hydrogens is 474 g/mol. The molecule has 0 atom stereocenters. The maximum atomic E-state index is 13.6. The topological polar surface area (TPSA) is 54.9 Å². The fourth-order valence-electron chi connectivity index (χ4n) is 4.43. The molecule has 0 saturated carbocycles. The van der Waals surface area contributed by atoms with E-state index in [0.29, 0.717) is 10.7 Å². The largest absolute Gasteiger partial charge is 0.298 e. The fourth-order valence-corrected chi connectivity index (χ4v) is 5.26. The monoisotopic (exact) mass is 505 g/mol. The SMILES string of the molecule is CCc1ccc(-c2nc(NC(=O)c3cc(-c4ccc(C(C)(C)C)cc4)nc4ccccc34)sc2C)cc1. The lowest BCUT2D eigenvalue weighted by molar-refractivity contribution is 0.102. The van der Waals surface area contributed by atoms with Gasteiger partial charge in [0.2, 0.25) is 0 Å². The van der Waals surface area contributed by atoms with Crippen molar-refractivity contribution in [2.24, 2.45) is 0 Å². The molecular formula is C32H31N3OS. The van der Waals surface area contributed by atoms with Crippen molar-refractivity contribution in [3.05, 3.63) is 100 Å². The third kappa shape index (κ3) is 5.18. The number of rotatable bonds is 5. The Labute approximate surface area is 222 Å². The highest BCUT2D eigenvalue weighted by Crippen LogP contribution is 2.32. The summed E-state index contributed by atoms with van der Waals surface area (Å²) in [4.78, 5) is 24.3. The van der Waals surface area contributed by atoms with Crippen molar-refractivity contribution in [3.63, 3.8) is 0 Å². The van der Waals surface area contributed by atoms with Crippen LogP contribution in [0.1, 0.15) is 54.1 Å². The van der Waals surface area contributed by atoms with Gasteiger partial charge in [-0.3, -0.25) is 10.1 Å². The fraction of sp³-hybridized carbons (Fsp3) is 0.219. The molecule has 0 radical (unpaired) electrons. The van der Waals surface area contributed by atoms with Crippen molar-refractivity contribution in [1.82, 2.24) is 9.97 Å². The predicted octanol–water partition coefficient (Wildman–Crippen LogP) is 8.45. The van der Waals surface area contributed by atoms with Crippen molar-refractivity contribution in [1.29, 1.82) is 0 Å². The van der Waals surface area contributed by atoms with Crippen LogP contribution in [0.2, 0.25) is 0 Å². The van der Waals surface area contributed by atoms with Gasteiger partial charge < -0.3 is 0 Å². The molecule has 2 heterocycles. The Morgan fingerprint density at radius 1 is 0.892 bits per heavy atom. The van der Waals surface area contributed by atoms with Crippen molar-refractivity contribution < 1.29 is 4.79 Å². The number of benzene rings is 3. The summed E-state index contributed by atoms with van der Waals surface area (Å²) in [7, 11) is 0. The van der Waals surface area contributed by atoms with Gasteiger partial charge in [0.25, 0.3) is 5.91 Å². The molecule has 5 rings (SSSR count). The van der Waals surface area contributed by atoms with Crippen molar-refractivity contribution >= 4 is 33.3 Å². The molecule has 3 aromatic carbocycles. The minimum Gasteiger partial charge on any atom is -0.298 e. The van der Waals surface area contributed by atoms with Gasteiger partial charge in [-0.05, 0) is 42.0 Å². The minimum atomic E-state index is -0.187. The lowest BCUT2D eigenvalue weighted by Gasteiger charge is -2.19. The quantitative estimate of drug-likeness (QED) is 0.261. The summed E-state index contributed by atoms with van der Waals surface area (Å²) in [5.41, 5.74) is 7.71. The number of amides is 1. The number of nitrogens with zero attached hydrogens (tertiary/aromatic N) is 2. The summed E-state index contributed by atoms with van der Waals surface area (Å²) in [5.74, 6) is -0.187. The molecule has 0 unspecified atom stereocenters. The molecule has 0 aliphatic carbocycles. The summed E-state index contributed by atoms with van der Waals surface area (Å²) in [6.45, 7) is 10.8. The molecule has 0 bridgehead atoms. The first-order valence-electron chi connectivity index (χ1n) is 12.6. The van der Waals surface area contributed by atoms with Crippen LogP contribution in [0.25, 0.3) is 33.4 Å². The maximum Gasteiger partial charge on any atom is 0.258 e. The lowest BCUT2D eigenvalue weighted by atomic mass is 9.86. The van der Waals surface area contributed by atoms with Crippen LogP contribution in [0, 0.1) is 6.92 Å². The van der Waals surface area contributed by atoms with E-state index < -0.39 is 0 Å². The number of thiazole rings is 1. The van der Waals surface area contributed by atoms with E-state index in [1.54, 1.807) is 0 Å². The number of aryl methyl sites for hydroxylation is 2. The van der Waals surface area contributed by atoms with Gasteiger partial charge in [-0.15, -0.1) is 11.3 Å². The molecule has 0 spiro atoms. The van der Waals surface area contributed by atoms with Crippen molar-refractivity contribution in [3.8, 4) is 22.5 Å². The molecule has 0 aliphatic heterocycles. The molecule has 4 nitrogen and oxygen atoms in total. The zero-order valence-corrected chi connectivity index (χ0v) is 22.7. The number of nitrogens with one attached hydrogen (secondary N) is 1. The Balaban J connectivity index is 1.48. The number of carbonyl (C=O) groups excluding carboxylic acids is 1. The number of pyridine rings is 1. The Kier molecular flexibility index (Phi) is 6.65. The van der Waals surface area contributed by atoms with E-state index in [2.05, 4.69) is 81.5 Å². The van der Waals surface area contributed by atoms with Crippen LogP contribution < -0.4 is 5.32 Å². The first-order valence-corrected chi connectivity index (χ1v) is 13.4. The molecule has 0 saturated heterocycles. The van der Waals surface area contributed by atoms with Gasteiger partial charge in [0.1, 0.15) is 0 Å². The van der Waals surface area contributed by atoms with Gasteiger partial charge in [0, 0.05) is 21.4 Å². The first kappa shape index (κ1) is 24.8. The van der Waals surface area contributed by atoms with Crippen LogP contribution in [-0.2, 0) is 11.8 Å². The van der Waals surface area contributed by atoms with Crippen LogP contribution in [0.5, 0.6) is 0 Å². The molecule has 5 aromatic rings. The second-order valence-electron chi connectivity index (χ2n) is 10.3. The summed E-state index contributed by atoms with van der Waals surface area (Å²) in [6, 6.07) is 26.6. The summed E-state index contributed by atoms with van der Waals surface area (Å²) in [6.07, 6.45) is 1.00. The molecule has 186 valence electrons. The van der Waals surface area contributed by atoms with Crippen LogP contribution in [-0.4, -0.2) is 15.9 Å². The smallest absolute Gasteiger partial charge is 0.258 e. The zero-order chi connectivity index (χ0) is 26.2.